The van der Waals surface area contributed by atoms with Gasteiger partial charge in [-0.25, -0.2) is 0 Å². The quantitative estimate of drug-likeness (QED) is 0.505. The van der Waals surface area contributed by atoms with Gasteiger partial charge in [0.05, 0.1) is 6.54 Å². The lowest BCUT2D eigenvalue weighted by atomic mass is 10.4. The molecular weight excluding hydrogens is 200 g/mol. The van der Waals surface area contributed by atoms with E-state index in [9.17, 15) is 0 Å². The first-order valence-corrected chi connectivity index (χ1v) is 6.17. The van der Waals surface area contributed by atoms with Gasteiger partial charge < -0.3 is 16.0 Å². The van der Waals surface area contributed by atoms with Gasteiger partial charge in [0.15, 0.2) is 0 Å². The third kappa shape index (κ3) is 6.81. The molecule has 92 valence electrons. The number of hydrogen-bond donors (Lipinski definition) is 3. The first-order chi connectivity index (χ1) is 7.93. The van der Waals surface area contributed by atoms with Gasteiger partial charge in [-0.2, -0.15) is 0 Å². The van der Waals surface area contributed by atoms with E-state index in [-0.39, 0.29) is 0 Å². The summed E-state index contributed by atoms with van der Waals surface area (Å²) in [4.78, 5) is 2.39. The normalized spacial score (nSPS) is 21.3. The average Bonchev–Trinajstić information content (AvgIpc) is 2.28. The van der Waals surface area contributed by atoms with E-state index in [1.807, 2.05) is 6.92 Å². The van der Waals surface area contributed by atoms with E-state index in [1.165, 1.54) is 0 Å². The van der Waals surface area contributed by atoms with Gasteiger partial charge in [0.1, 0.15) is 0 Å². The summed E-state index contributed by atoms with van der Waals surface area (Å²) >= 11 is 0. The Kier molecular flexibility index (Phi) is 8.09. The highest BCUT2D eigenvalue weighted by molar-refractivity contribution is 4.97. The molecule has 16 heavy (non-hydrogen) atoms. The summed E-state index contributed by atoms with van der Waals surface area (Å²) in [6.07, 6.45) is 0. The predicted octanol–water partition coefficient (Wildman–Crippen LogP) is -0.906. The van der Waals surface area contributed by atoms with Crippen LogP contribution in [0.15, 0.2) is 0 Å². The topological polar surface area (TPSA) is 39.3 Å². The second-order valence-corrected chi connectivity index (χ2v) is 3.95. The maximum Gasteiger partial charge on any atom is 0.0602 e. The summed E-state index contributed by atoms with van der Waals surface area (Å²) in [5.74, 6) is 6.10. The SMILES string of the molecule is CC#CCN1CCNCCNCCNCC1. The van der Waals surface area contributed by atoms with Crippen LogP contribution in [0.1, 0.15) is 6.92 Å². The summed E-state index contributed by atoms with van der Waals surface area (Å²) in [6.45, 7) is 11.2. The third-order valence-electron chi connectivity index (χ3n) is 2.65. The highest BCUT2D eigenvalue weighted by Crippen LogP contribution is 1.85. The molecule has 0 amide bonds. The Morgan fingerprint density at radius 3 is 1.88 bits per heavy atom. The first-order valence-electron chi connectivity index (χ1n) is 6.17. The fourth-order valence-corrected chi connectivity index (χ4v) is 1.66. The van der Waals surface area contributed by atoms with Gasteiger partial charge in [-0.05, 0) is 6.92 Å². The van der Waals surface area contributed by atoms with Gasteiger partial charge in [0, 0.05) is 52.4 Å². The van der Waals surface area contributed by atoms with Crippen molar-refractivity contribution < 1.29 is 0 Å². The van der Waals surface area contributed by atoms with Crippen molar-refractivity contribution in [3.8, 4) is 11.8 Å². The van der Waals surface area contributed by atoms with Crippen molar-refractivity contribution in [1.82, 2.24) is 20.9 Å². The zero-order valence-corrected chi connectivity index (χ0v) is 10.3. The molecule has 0 aromatic rings. The molecule has 1 aliphatic rings. The lowest BCUT2D eigenvalue weighted by Crippen LogP contribution is -2.41. The molecule has 1 rings (SSSR count). The molecule has 0 bridgehead atoms. The maximum atomic E-state index is 3.44. The van der Waals surface area contributed by atoms with Crippen LogP contribution >= 0.6 is 0 Å². The van der Waals surface area contributed by atoms with Crippen molar-refractivity contribution in [3.63, 3.8) is 0 Å². The Hall–Kier alpha value is -0.600. The molecule has 1 saturated heterocycles. The van der Waals surface area contributed by atoms with E-state index < -0.39 is 0 Å². The molecule has 0 saturated carbocycles. The molecule has 0 radical (unpaired) electrons. The zero-order valence-electron chi connectivity index (χ0n) is 10.3. The predicted molar refractivity (Wildman–Crippen MR) is 68.5 cm³/mol. The van der Waals surface area contributed by atoms with Gasteiger partial charge in [-0.15, -0.1) is 5.92 Å². The molecule has 3 N–H and O–H groups in total. The third-order valence-corrected chi connectivity index (χ3v) is 2.65. The molecule has 1 heterocycles. The Balaban J connectivity index is 2.26. The molecule has 1 fully saturated rings. The van der Waals surface area contributed by atoms with Crippen LogP contribution in [0.3, 0.4) is 0 Å². The van der Waals surface area contributed by atoms with Gasteiger partial charge in [0.25, 0.3) is 0 Å². The molecule has 0 aromatic heterocycles. The summed E-state index contributed by atoms with van der Waals surface area (Å²) in [6, 6.07) is 0. The van der Waals surface area contributed by atoms with Gasteiger partial charge in [0.2, 0.25) is 0 Å². The number of nitrogens with zero attached hydrogens (tertiary/aromatic N) is 1. The number of nitrogens with one attached hydrogen (secondary N) is 3. The lowest BCUT2D eigenvalue weighted by molar-refractivity contribution is 0.301. The number of rotatable bonds is 1. The van der Waals surface area contributed by atoms with Gasteiger partial charge >= 0.3 is 0 Å². The molecule has 0 aliphatic carbocycles. The van der Waals surface area contributed by atoms with E-state index >= 15 is 0 Å². The zero-order chi connectivity index (χ0) is 11.5. The molecule has 0 unspecified atom stereocenters. The molecule has 4 nitrogen and oxygen atoms in total. The molecular formula is C12H24N4. The van der Waals surface area contributed by atoms with Crippen molar-refractivity contribution >= 4 is 0 Å². The van der Waals surface area contributed by atoms with Crippen molar-refractivity contribution in [2.45, 2.75) is 6.92 Å². The average molecular weight is 224 g/mol. The lowest BCUT2D eigenvalue weighted by Gasteiger charge is -2.21. The van der Waals surface area contributed by atoms with Crippen molar-refractivity contribution in [2.75, 3.05) is 58.9 Å². The monoisotopic (exact) mass is 224 g/mol. The van der Waals surface area contributed by atoms with Crippen LogP contribution in [0.25, 0.3) is 0 Å². The smallest absolute Gasteiger partial charge is 0.0602 e. The second-order valence-electron chi connectivity index (χ2n) is 3.95. The Morgan fingerprint density at radius 1 is 0.875 bits per heavy atom. The van der Waals surface area contributed by atoms with Crippen molar-refractivity contribution in [1.29, 1.82) is 0 Å². The van der Waals surface area contributed by atoms with Crippen LogP contribution in [0.4, 0.5) is 0 Å². The summed E-state index contributed by atoms with van der Waals surface area (Å²) in [7, 11) is 0. The van der Waals surface area contributed by atoms with Crippen LogP contribution in [0.2, 0.25) is 0 Å². The minimum absolute atomic E-state index is 0.887. The van der Waals surface area contributed by atoms with Crippen LogP contribution < -0.4 is 16.0 Å². The molecule has 1 aliphatic heterocycles. The highest BCUT2D eigenvalue weighted by atomic mass is 15.2. The standard InChI is InChI=1S/C12H24N4/c1-2-3-10-16-11-8-14-6-4-13-5-7-15-9-12-16/h13-15H,4-12H2,1H3. The van der Waals surface area contributed by atoms with E-state index in [1.54, 1.807) is 0 Å². The summed E-state index contributed by atoms with van der Waals surface area (Å²) in [5, 5.41) is 10.3. The Morgan fingerprint density at radius 2 is 1.38 bits per heavy atom. The number of hydrogen-bond acceptors (Lipinski definition) is 4. The van der Waals surface area contributed by atoms with Crippen LogP contribution in [-0.4, -0.2) is 63.8 Å². The fraction of sp³-hybridized carbons (Fsp3) is 0.833. The fourth-order valence-electron chi connectivity index (χ4n) is 1.66. The molecule has 0 atom stereocenters. The van der Waals surface area contributed by atoms with Gasteiger partial charge in [-0.3, -0.25) is 4.90 Å². The first kappa shape index (κ1) is 13.5. The van der Waals surface area contributed by atoms with E-state index in [0.717, 1.165) is 58.9 Å². The Bertz CT molecular complexity index is 207. The maximum absolute atomic E-state index is 3.44. The molecule has 4 heteroatoms. The molecule has 0 aromatic carbocycles. The van der Waals surface area contributed by atoms with E-state index in [4.69, 9.17) is 0 Å². The molecule has 0 spiro atoms. The highest BCUT2D eigenvalue weighted by Gasteiger charge is 2.03. The van der Waals surface area contributed by atoms with Crippen molar-refractivity contribution in [3.05, 3.63) is 0 Å². The van der Waals surface area contributed by atoms with Crippen molar-refractivity contribution in [2.24, 2.45) is 0 Å². The van der Waals surface area contributed by atoms with E-state index in [0.29, 0.717) is 0 Å². The summed E-state index contributed by atoms with van der Waals surface area (Å²) < 4.78 is 0. The van der Waals surface area contributed by atoms with E-state index in [2.05, 4.69) is 32.7 Å². The largest absolute Gasteiger partial charge is 0.314 e. The van der Waals surface area contributed by atoms with Crippen LogP contribution in [0.5, 0.6) is 0 Å². The minimum Gasteiger partial charge on any atom is -0.314 e. The van der Waals surface area contributed by atoms with Gasteiger partial charge in [-0.1, -0.05) is 5.92 Å². The summed E-state index contributed by atoms with van der Waals surface area (Å²) in [5.41, 5.74) is 0. The van der Waals surface area contributed by atoms with Crippen LogP contribution in [0, 0.1) is 11.8 Å². The minimum atomic E-state index is 0.887. The Labute approximate surface area is 99.2 Å². The second kappa shape index (κ2) is 9.61. The van der Waals surface area contributed by atoms with Crippen LogP contribution in [-0.2, 0) is 0 Å².